The van der Waals surface area contributed by atoms with Crippen LogP contribution in [0.15, 0.2) is 0 Å². The van der Waals surface area contributed by atoms with Crippen molar-refractivity contribution in [2.45, 2.75) is 124 Å². The van der Waals surface area contributed by atoms with Crippen LogP contribution in [0, 0.1) is 50.7 Å². The van der Waals surface area contributed by atoms with Crippen molar-refractivity contribution in [3.05, 3.63) is 0 Å². The van der Waals surface area contributed by atoms with E-state index in [4.69, 9.17) is 14.2 Å². The number of rotatable bonds is 11. The zero-order valence-electron chi connectivity index (χ0n) is 29.4. The van der Waals surface area contributed by atoms with Gasteiger partial charge < -0.3 is 19.3 Å². The topological polar surface area (TPSA) is 54.4 Å². The molecule has 2 heterocycles. The summed E-state index contributed by atoms with van der Waals surface area (Å²) in [6.45, 7) is 22.5. The van der Waals surface area contributed by atoms with Gasteiger partial charge in [-0.3, -0.25) is 9.80 Å². The van der Waals surface area contributed by atoms with Gasteiger partial charge in [-0.05, 0) is 104 Å². The lowest BCUT2D eigenvalue weighted by Gasteiger charge is -2.66. The van der Waals surface area contributed by atoms with Crippen molar-refractivity contribution in [2.75, 3.05) is 59.7 Å². The second kappa shape index (κ2) is 12.0. The van der Waals surface area contributed by atoms with E-state index < -0.39 is 0 Å². The Hall–Kier alpha value is -0.310. The molecule has 254 valence electrons. The lowest BCUT2D eigenvalue weighted by molar-refractivity contribution is -0.256. The van der Waals surface area contributed by atoms with Gasteiger partial charge >= 0.3 is 0 Å². The lowest BCUT2D eigenvalue weighted by Crippen LogP contribution is -2.64. The monoisotopic (exact) mass is 620 g/mol. The van der Waals surface area contributed by atoms with Gasteiger partial charge in [0, 0.05) is 57.9 Å². The number of likely N-dealkylation sites (tertiary alicyclic amines) is 1. The summed E-state index contributed by atoms with van der Waals surface area (Å²) in [6, 6.07) is 0.506. The largest absolute Gasteiger partial charge is 0.393 e. The lowest BCUT2D eigenvalue weighted by atomic mass is 9.38. The third kappa shape index (κ3) is 4.90. The number of nitrogens with zero attached hydrogens (tertiary/aromatic N) is 2. The quantitative estimate of drug-likeness (QED) is 0.289. The van der Waals surface area contributed by atoms with Gasteiger partial charge in [-0.1, -0.05) is 41.5 Å². The number of morpholine rings is 1. The second-order valence-corrected chi connectivity index (χ2v) is 17.5. The van der Waals surface area contributed by atoms with Gasteiger partial charge in [0.05, 0.1) is 18.8 Å². The zero-order chi connectivity index (χ0) is 31.7. The molecule has 1 unspecified atom stereocenters. The van der Waals surface area contributed by atoms with Crippen LogP contribution in [-0.4, -0.2) is 99.2 Å². The normalized spacial score (nSPS) is 46.2. The van der Waals surface area contributed by atoms with Gasteiger partial charge in [0.25, 0.3) is 0 Å². The summed E-state index contributed by atoms with van der Waals surface area (Å²) in [5.74, 6) is 2.33. The van der Waals surface area contributed by atoms with Crippen LogP contribution in [0.4, 0.5) is 4.39 Å². The fourth-order valence-corrected chi connectivity index (χ4v) is 12.7. The van der Waals surface area contributed by atoms with E-state index in [0.717, 1.165) is 52.2 Å². The molecule has 6 nitrogen and oxygen atoms in total. The molecule has 44 heavy (non-hydrogen) atoms. The minimum atomic E-state index is -0.320. The average molecular weight is 621 g/mol. The molecule has 4 aliphatic carbocycles. The van der Waals surface area contributed by atoms with E-state index in [1.54, 1.807) is 0 Å². The highest BCUT2D eigenvalue weighted by molar-refractivity contribution is 5.30. The summed E-state index contributed by atoms with van der Waals surface area (Å²) >= 11 is 0. The molecule has 2 aliphatic heterocycles. The molecule has 6 aliphatic rings. The maximum absolute atomic E-state index is 12.8. The molecule has 11 atom stereocenters. The van der Waals surface area contributed by atoms with Crippen molar-refractivity contribution in [1.29, 1.82) is 0 Å². The van der Waals surface area contributed by atoms with Gasteiger partial charge in [-0.15, -0.1) is 0 Å². The van der Waals surface area contributed by atoms with Crippen molar-refractivity contribution >= 4 is 0 Å². The predicted octanol–water partition coefficient (Wildman–Crippen LogP) is 6.40. The van der Waals surface area contributed by atoms with E-state index >= 15 is 0 Å². The Morgan fingerprint density at radius 1 is 0.955 bits per heavy atom. The van der Waals surface area contributed by atoms with E-state index in [1.807, 2.05) is 7.11 Å². The molecule has 0 aromatic rings. The predicted molar refractivity (Wildman–Crippen MR) is 173 cm³/mol. The summed E-state index contributed by atoms with van der Waals surface area (Å²) < 4.78 is 31.4. The molecular weight excluding hydrogens is 555 g/mol. The number of alkyl halides is 1. The number of aliphatic hydroxyl groups is 1. The maximum Gasteiger partial charge on any atom is 0.170 e. The Bertz CT molecular complexity index is 1020. The van der Waals surface area contributed by atoms with E-state index in [-0.39, 0.29) is 41.4 Å². The number of hydrogen-bond acceptors (Lipinski definition) is 6. The van der Waals surface area contributed by atoms with Gasteiger partial charge in [-0.2, -0.15) is 0 Å². The molecule has 0 aromatic heterocycles. The molecule has 7 heteroatoms. The van der Waals surface area contributed by atoms with Crippen molar-refractivity contribution in [3.8, 4) is 0 Å². The summed E-state index contributed by atoms with van der Waals surface area (Å²) in [5.41, 5.74) is 0.860. The number of aliphatic hydroxyl groups excluding tert-OH is 1. The first-order chi connectivity index (χ1) is 20.8. The number of halogens is 1. The van der Waals surface area contributed by atoms with E-state index in [0.29, 0.717) is 47.1 Å². The molecule has 0 aromatic carbocycles. The van der Waals surface area contributed by atoms with E-state index in [2.05, 4.69) is 58.3 Å². The molecule has 2 spiro atoms. The Morgan fingerprint density at radius 2 is 1.66 bits per heavy atom. The molecule has 2 saturated heterocycles. The zero-order valence-corrected chi connectivity index (χ0v) is 29.4. The van der Waals surface area contributed by atoms with Crippen molar-refractivity contribution in [3.63, 3.8) is 0 Å². The first kappa shape index (κ1) is 33.6. The van der Waals surface area contributed by atoms with Gasteiger partial charge in [0.2, 0.25) is 0 Å². The van der Waals surface area contributed by atoms with Crippen LogP contribution in [0.25, 0.3) is 0 Å². The molecule has 0 radical (unpaired) electrons. The Morgan fingerprint density at radius 3 is 2.34 bits per heavy atom. The van der Waals surface area contributed by atoms with Crippen molar-refractivity contribution < 1.29 is 23.7 Å². The summed E-state index contributed by atoms with van der Waals surface area (Å²) in [6.07, 6.45) is 9.52. The highest BCUT2D eigenvalue weighted by Crippen LogP contribution is 2.88. The third-order valence-electron chi connectivity index (χ3n) is 15.9. The summed E-state index contributed by atoms with van der Waals surface area (Å²) in [5, 5.41) is 11.7. The molecule has 4 saturated carbocycles. The van der Waals surface area contributed by atoms with Crippen LogP contribution in [0.3, 0.4) is 0 Å². The van der Waals surface area contributed by atoms with Crippen LogP contribution in [0.1, 0.15) is 99.8 Å². The molecule has 6 fully saturated rings. The SMILES string of the molecule is COCC[C@@H](C)[C@@H](C)[C@@]1(C)CC[C@@]23C[C@@]24CC[C@H](O[C@H]2CN(C5CN(CCF)C5)CCO2)C(C)(C)[C@@H]4CCC3[C@]1(C)[C@H](C)O. The summed E-state index contributed by atoms with van der Waals surface area (Å²) in [4.78, 5) is 4.73. The molecule has 0 bridgehead atoms. The highest BCUT2D eigenvalue weighted by Gasteiger charge is 2.82. The number of methoxy groups -OCH3 is 1. The van der Waals surface area contributed by atoms with Gasteiger partial charge in [-0.25, -0.2) is 4.39 Å². The molecule has 6 rings (SSSR count). The fraction of sp³-hybridized carbons (Fsp3) is 1.00. The Kier molecular flexibility index (Phi) is 9.15. The van der Waals surface area contributed by atoms with Crippen LogP contribution < -0.4 is 0 Å². The summed E-state index contributed by atoms with van der Waals surface area (Å²) in [7, 11) is 1.81. The third-order valence-corrected chi connectivity index (χ3v) is 15.9. The van der Waals surface area contributed by atoms with E-state index in [9.17, 15) is 9.50 Å². The fourth-order valence-electron chi connectivity index (χ4n) is 12.7. The molecule has 1 N–H and O–H groups in total. The molecule has 0 amide bonds. The standard InChI is InChI=1S/C37H65FN2O4/c1-25(12-19-42-8)26(2)34(6)14-15-37-24-36(37)13-11-31(33(4,5)29(36)9-10-30(37)35(34,7)27(3)41)44-32-23-40(18-20-43-32)28-21-39(22-28)17-16-38/h25-32,41H,9-24H2,1-8H3/t25-,26-,27+,29+,30?,31+,32+,34-,35+,36-,37+/m1/s1. The Balaban J connectivity index is 1.16. The van der Waals surface area contributed by atoms with Crippen molar-refractivity contribution in [2.24, 2.45) is 50.7 Å². The van der Waals surface area contributed by atoms with Crippen LogP contribution in [0.5, 0.6) is 0 Å². The highest BCUT2D eigenvalue weighted by atomic mass is 19.1. The smallest absolute Gasteiger partial charge is 0.170 e. The first-order valence-electron chi connectivity index (χ1n) is 18.3. The Labute approximate surface area is 268 Å². The van der Waals surface area contributed by atoms with Gasteiger partial charge in [0.15, 0.2) is 6.29 Å². The average Bonchev–Trinajstić information content (AvgIpc) is 3.64. The minimum Gasteiger partial charge on any atom is -0.393 e. The van der Waals surface area contributed by atoms with Crippen LogP contribution in [0.2, 0.25) is 0 Å². The minimum absolute atomic E-state index is 0.0939. The van der Waals surface area contributed by atoms with Gasteiger partial charge in [0.1, 0.15) is 6.67 Å². The van der Waals surface area contributed by atoms with Crippen LogP contribution >= 0.6 is 0 Å². The molecular formula is C37H65FN2O4. The van der Waals surface area contributed by atoms with E-state index in [1.165, 1.54) is 38.5 Å². The number of hydrogen-bond donors (Lipinski definition) is 1. The van der Waals surface area contributed by atoms with Crippen molar-refractivity contribution in [1.82, 2.24) is 9.80 Å². The second-order valence-electron chi connectivity index (χ2n) is 17.5. The first-order valence-corrected chi connectivity index (χ1v) is 18.3. The number of ether oxygens (including phenoxy) is 3. The maximum atomic E-state index is 12.8. The van der Waals surface area contributed by atoms with Crippen LogP contribution in [-0.2, 0) is 14.2 Å².